The molecule has 12 rings (SSSR count). The van der Waals surface area contributed by atoms with Crippen LogP contribution in [0.5, 0.6) is 0 Å². The van der Waals surface area contributed by atoms with Crippen LogP contribution >= 0.6 is 0 Å². The highest BCUT2D eigenvalue weighted by molar-refractivity contribution is 6.12. The second-order valence-corrected chi connectivity index (χ2v) is 16.2. The van der Waals surface area contributed by atoms with Crippen molar-refractivity contribution in [3.8, 4) is 44.8 Å². The van der Waals surface area contributed by atoms with Crippen LogP contribution in [0.1, 0.15) is 0 Å². The third kappa shape index (κ3) is 6.38. The largest absolute Gasteiger partial charge is 0.311 e. The lowest BCUT2D eigenvalue weighted by molar-refractivity contribution is 1.18. The Kier molecular flexibility index (Phi) is 8.83. The highest BCUT2D eigenvalue weighted by Gasteiger charge is 2.18. The summed E-state index contributed by atoms with van der Waals surface area (Å²) < 4.78 is 4.76. The maximum Gasteiger partial charge on any atom is 0.0541 e. The Balaban J connectivity index is 1.04. The minimum absolute atomic E-state index is 1.10. The van der Waals surface area contributed by atoms with Crippen molar-refractivity contribution in [2.24, 2.45) is 0 Å². The van der Waals surface area contributed by atoms with Crippen molar-refractivity contribution < 1.29 is 0 Å². The molecule has 0 N–H and O–H groups in total. The summed E-state index contributed by atoms with van der Waals surface area (Å²) in [7, 11) is 0. The fourth-order valence-electron chi connectivity index (χ4n) is 9.55. The van der Waals surface area contributed by atoms with Gasteiger partial charge >= 0.3 is 0 Å². The summed E-state index contributed by atoms with van der Waals surface area (Å²) in [6.45, 7) is 0. The van der Waals surface area contributed by atoms with E-state index in [-0.39, 0.29) is 0 Å². The molecule has 296 valence electrons. The monoisotopic (exact) mass is 803 g/mol. The molecule has 0 bridgehead atoms. The van der Waals surface area contributed by atoms with Crippen molar-refractivity contribution in [3.05, 3.63) is 249 Å². The molecule has 0 fully saturated rings. The fourth-order valence-corrected chi connectivity index (χ4v) is 9.55. The van der Waals surface area contributed by atoms with Crippen LogP contribution < -0.4 is 4.90 Å². The van der Waals surface area contributed by atoms with Gasteiger partial charge in [0.1, 0.15) is 0 Å². The van der Waals surface area contributed by atoms with Crippen LogP contribution in [0.2, 0.25) is 0 Å². The van der Waals surface area contributed by atoms with Gasteiger partial charge in [-0.2, -0.15) is 0 Å². The molecule has 3 nitrogen and oxygen atoms in total. The molecule has 0 aliphatic heterocycles. The summed E-state index contributed by atoms with van der Waals surface area (Å²) in [5, 5.41) is 4.96. The summed E-state index contributed by atoms with van der Waals surface area (Å²) in [6.07, 6.45) is 0. The number of rotatable bonds is 8. The maximum atomic E-state index is 2.39. The van der Waals surface area contributed by atoms with Crippen LogP contribution in [0.25, 0.3) is 88.4 Å². The van der Waals surface area contributed by atoms with Gasteiger partial charge in [-0.05, 0) is 149 Å². The molecule has 0 spiro atoms. The lowest BCUT2D eigenvalue weighted by Crippen LogP contribution is -2.09. The van der Waals surface area contributed by atoms with Gasteiger partial charge in [0.05, 0.1) is 22.1 Å². The average Bonchev–Trinajstić information content (AvgIpc) is 3.88. The van der Waals surface area contributed by atoms with Crippen LogP contribution in [0.15, 0.2) is 249 Å². The van der Waals surface area contributed by atoms with Gasteiger partial charge in [0.25, 0.3) is 0 Å². The number of hydrogen-bond donors (Lipinski definition) is 0. The molecular formula is C60H41N3. The van der Waals surface area contributed by atoms with Crippen molar-refractivity contribution in [1.29, 1.82) is 0 Å². The second-order valence-electron chi connectivity index (χ2n) is 16.2. The van der Waals surface area contributed by atoms with Crippen molar-refractivity contribution in [1.82, 2.24) is 9.13 Å². The number of anilines is 3. The number of nitrogens with zero attached hydrogens (tertiary/aromatic N) is 3. The van der Waals surface area contributed by atoms with E-state index in [4.69, 9.17) is 0 Å². The minimum atomic E-state index is 1.10. The van der Waals surface area contributed by atoms with Gasteiger partial charge in [-0.25, -0.2) is 0 Å². The van der Waals surface area contributed by atoms with E-state index < -0.39 is 0 Å². The molecule has 3 heteroatoms. The smallest absolute Gasteiger partial charge is 0.0541 e. The standard InChI is InChI=1S/C60H41N3/c1-5-17-48(18-6-1)61(49-19-7-2-8-20-49)52-33-29-42(30-34-52)45-37-46(43-31-35-59-55(40-43)53-25-13-15-27-57(53)62(59)50-21-9-3-10-22-50)39-47(38-45)44-32-36-60-56(41-44)54-26-14-16-28-58(54)63(60)51-23-11-4-12-24-51/h1-41H. The third-order valence-corrected chi connectivity index (χ3v) is 12.5. The van der Waals surface area contributed by atoms with E-state index >= 15 is 0 Å². The highest BCUT2D eigenvalue weighted by atomic mass is 15.1. The summed E-state index contributed by atoms with van der Waals surface area (Å²) >= 11 is 0. The molecule has 0 saturated heterocycles. The Labute approximate surface area is 366 Å². The summed E-state index contributed by atoms with van der Waals surface area (Å²) in [5.74, 6) is 0. The number of hydrogen-bond acceptors (Lipinski definition) is 1. The number of fused-ring (bicyclic) bond motifs is 6. The molecule has 0 aliphatic rings. The average molecular weight is 804 g/mol. The van der Waals surface area contributed by atoms with E-state index in [1.807, 2.05) is 0 Å². The molecule has 0 atom stereocenters. The third-order valence-electron chi connectivity index (χ3n) is 12.5. The molecule has 63 heavy (non-hydrogen) atoms. The number of aromatic nitrogens is 2. The van der Waals surface area contributed by atoms with E-state index in [9.17, 15) is 0 Å². The Morgan fingerprint density at radius 2 is 0.556 bits per heavy atom. The van der Waals surface area contributed by atoms with Gasteiger partial charge in [-0.1, -0.05) is 133 Å². The maximum absolute atomic E-state index is 2.39. The molecule has 12 aromatic rings. The minimum Gasteiger partial charge on any atom is -0.311 e. The van der Waals surface area contributed by atoms with Gasteiger partial charge in [-0.15, -0.1) is 0 Å². The van der Waals surface area contributed by atoms with E-state index in [0.717, 1.165) is 34.0 Å². The van der Waals surface area contributed by atoms with Crippen LogP contribution in [0.4, 0.5) is 17.1 Å². The fraction of sp³-hybridized carbons (Fsp3) is 0. The second kappa shape index (κ2) is 15.3. The summed E-state index contributed by atoms with van der Waals surface area (Å²) in [4.78, 5) is 2.31. The Bertz CT molecular complexity index is 3370. The van der Waals surface area contributed by atoms with E-state index in [1.165, 1.54) is 71.4 Å². The van der Waals surface area contributed by atoms with Crippen LogP contribution in [-0.4, -0.2) is 9.13 Å². The van der Waals surface area contributed by atoms with Gasteiger partial charge < -0.3 is 14.0 Å². The number of benzene rings is 10. The van der Waals surface area contributed by atoms with Gasteiger partial charge in [0, 0.05) is 50.0 Å². The Morgan fingerprint density at radius 1 is 0.222 bits per heavy atom. The molecule has 0 amide bonds. The first-order valence-electron chi connectivity index (χ1n) is 21.6. The quantitative estimate of drug-likeness (QED) is 0.149. The van der Waals surface area contributed by atoms with Crippen molar-refractivity contribution in [2.75, 3.05) is 4.90 Å². The predicted molar refractivity (Wildman–Crippen MR) is 266 cm³/mol. The predicted octanol–water partition coefficient (Wildman–Crippen LogP) is 16.4. The first-order chi connectivity index (χ1) is 31.2. The summed E-state index contributed by atoms with van der Waals surface area (Å²) in [5.41, 5.74) is 17.5. The van der Waals surface area contributed by atoms with Crippen molar-refractivity contribution in [3.63, 3.8) is 0 Å². The zero-order valence-electron chi connectivity index (χ0n) is 34.5. The normalized spacial score (nSPS) is 11.5. The topological polar surface area (TPSA) is 13.1 Å². The molecule has 0 radical (unpaired) electrons. The molecule has 0 saturated carbocycles. The first kappa shape index (κ1) is 36.5. The molecule has 2 aromatic heterocycles. The lowest BCUT2D eigenvalue weighted by Gasteiger charge is -2.25. The molecule has 0 aliphatic carbocycles. The van der Waals surface area contributed by atoms with Gasteiger partial charge in [0.15, 0.2) is 0 Å². The van der Waals surface area contributed by atoms with Crippen LogP contribution in [-0.2, 0) is 0 Å². The van der Waals surface area contributed by atoms with Crippen LogP contribution in [0, 0.1) is 0 Å². The van der Waals surface area contributed by atoms with Crippen molar-refractivity contribution >= 4 is 60.7 Å². The lowest BCUT2D eigenvalue weighted by atomic mass is 9.92. The van der Waals surface area contributed by atoms with Gasteiger partial charge in [-0.3, -0.25) is 0 Å². The van der Waals surface area contributed by atoms with Gasteiger partial charge in [0.2, 0.25) is 0 Å². The van der Waals surface area contributed by atoms with E-state index in [1.54, 1.807) is 0 Å². The van der Waals surface area contributed by atoms with E-state index in [2.05, 4.69) is 263 Å². The molecule has 2 heterocycles. The van der Waals surface area contributed by atoms with E-state index in [0.29, 0.717) is 0 Å². The zero-order chi connectivity index (χ0) is 41.7. The molecule has 10 aromatic carbocycles. The highest BCUT2D eigenvalue weighted by Crippen LogP contribution is 2.41. The van der Waals surface area contributed by atoms with Crippen LogP contribution in [0.3, 0.4) is 0 Å². The zero-order valence-corrected chi connectivity index (χ0v) is 34.5. The van der Waals surface area contributed by atoms with Crippen molar-refractivity contribution in [2.45, 2.75) is 0 Å². The molecular weight excluding hydrogens is 763 g/mol. The SMILES string of the molecule is c1ccc(N(c2ccccc2)c2ccc(-c3cc(-c4ccc5c(c4)c4ccccc4n5-c4ccccc4)cc(-c4ccc5c(c4)c4ccccc4n5-c4ccccc4)c3)cc2)cc1. The Morgan fingerprint density at radius 3 is 1.00 bits per heavy atom. The first-order valence-corrected chi connectivity index (χ1v) is 21.6. The molecule has 0 unspecified atom stereocenters. The summed E-state index contributed by atoms with van der Waals surface area (Å²) in [6, 6.07) is 90.1. The number of para-hydroxylation sites is 6. The Hall–Kier alpha value is -8.40.